The zero-order valence-electron chi connectivity index (χ0n) is 16.2. The van der Waals surface area contributed by atoms with Crippen molar-refractivity contribution in [1.29, 1.82) is 0 Å². The maximum Gasteiger partial charge on any atom is 0.410 e. The number of benzene rings is 2. The summed E-state index contributed by atoms with van der Waals surface area (Å²) in [6.07, 6.45) is -2.81. The number of nitrogens with zero attached hydrogens (tertiary/aromatic N) is 4. The van der Waals surface area contributed by atoms with Crippen LogP contribution in [0.15, 0.2) is 65.8 Å². The van der Waals surface area contributed by atoms with Gasteiger partial charge in [0.25, 0.3) is 0 Å². The molecule has 0 spiro atoms. The summed E-state index contributed by atoms with van der Waals surface area (Å²) in [5, 5.41) is 3.70. The highest BCUT2D eigenvalue weighted by Crippen LogP contribution is 2.31. The number of esters is 2. The van der Waals surface area contributed by atoms with E-state index in [-0.39, 0.29) is 18.7 Å². The van der Waals surface area contributed by atoms with Gasteiger partial charge in [0.1, 0.15) is 12.6 Å². The Morgan fingerprint density at radius 2 is 1.52 bits per heavy atom. The van der Waals surface area contributed by atoms with Gasteiger partial charge in [0.15, 0.2) is 12.2 Å². The first-order chi connectivity index (χ1) is 15.1. The van der Waals surface area contributed by atoms with E-state index in [1.165, 1.54) is 4.90 Å². The molecule has 1 unspecified atom stereocenters. The molecule has 4 rings (SSSR count). The van der Waals surface area contributed by atoms with E-state index in [4.69, 9.17) is 19.7 Å². The van der Waals surface area contributed by atoms with E-state index < -0.39 is 42.3 Å². The third kappa shape index (κ3) is 4.15. The van der Waals surface area contributed by atoms with Gasteiger partial charge in [-0.15, -0.1) is 0 Å². The summed E-state index contributed by atoms with van der Waals surface area (Å²) < 4.78 is 16.5. The molecule has 2 fully saturated rings. The molecular weight excluding hydrogens is 404 g/mol. The average molecular weight is 422 g/mol. The summed E-state index contributed by atoms with van der Waals surface area (Å²) in [4.78, 5) is 41.7. The molecule has 0 bridgehead atoms. The van der Waals surface area contributed by atoms with Gasteiger partial charge < -0.3 is 14.2 Å². The van der Waals surface area contributed by atoms with E-state index in [2.05, 4.69) is 10.0 Å². The summed E-state index contributed by atoms with van der Waals surface area (Å²) in [6, 6.07) is 14.9. The number of carbonyl (C=O) groups is 3. The normalized spacial score (nSPS) is 24.4. The molecule has 2 aliphatic rings. The first kappa shape index (κ1) is 20.2. The van der Waals surface area contributed by atoms with Gasteiger partial charge in [-0.05, 0) is 29.8 Å². The second kappa shape index (κ2) is 8.76. The number of azide groups is 1. The van der Waals surface area contributed by atoms with E-state index in [0.29, 0.717) is 5.56 Å². The van der Waals surface area contributed by atoms with Crippen LogP contribution in [0.4, 0.5) is 4.79 Å². The third-order valence-electron chi connectivity index (χ3n) is 5.18. The molecule has 0 N–H and O–H groups in total. The third-order valence-corrected chi connectivity index (χ3v) is 5.18. The predicted octanol–water partition coefficient (Wildman–Crippen LogP) is 2.95. The number of amides is 1. The van der Waals surface area contributed by atoms with Crippen LogP contribution in [0.25, 0.3) is 10.4 Å². The molecule has 0 radical (unpaired) electrons. The Labute approximate surface area is 176 Å². The maximum atomic E-state index is 12.7. The first-order valence-electron chi connectivity index (χ1n) is 9.58. The highest BCUT2D eigenvalue weighted by Gasteiger charge is 2.53. The highest BCUT2D eigenvalue weighted by atomic mass is 16.6. The summed E-state index contributed by atoms with van der Waals surface area (Å²) in [7, 11) is 0. The number of piperidine rings is 1. The van der Waals surface area contributed by atoms with Crippen LogP contribution >= 0.6 is 0 Å². The number of rotatable bonds is 5. The molecule has 10 heteroatoms. The lowest BCUT2D eigenvalue weighted by atomic mass is 9.93. The van der Waals surface area contributed by atoms with Crippen LogP contribution in [0.1, 0.15) is 20.7 Å². The van der Waals surface area contributed by atoms with Crippen LogP contribution in [0.3, 0.4) is 0 Å². The lowest BCUT2D eigenvalue weighted by Crippen LogP contribution is -2.62. The van der Waals surface area contributed by atoms with Gasteiger partial charge in [-0.2, -0.15) is 0 Å². The van der Waals surface area contributed by atoms with Crippen molar-refractivity contribution < 1.29 is 28.6 Å². The Morgan fingerprint density at radius 3 is 2.06 bits per heavy atom. The Kier molecular flexibility index (Phi) is 5.72. The van der Waals surface area contributed by atoms with Gasteiger partial charge in [0, 0.05) is 11.5 Å². The van der Waals surface area contributed by atoms with Crippen LogP contribution in [0.2, 0.25) is 0 Å². The number of cyclic esters (lactones) is 1. The van der Waals surface area contributed by atoms with Crippen molar-refractivity contribution >= 4 is 18.0 Å². The van der Waals surface area contributed by atoms with Crippen molar-refractivity contribution in [2.75, 3.05) is 13.2 Å². The fraction of sp³-hybridized carbons (Fsp3) is 0.286. The van der Waals surface area contributed by atoms with Gasteiger partial charge in [-0.25, -0.2) is 14.4 Å². The molecule has 2 aromatic carbocycles. The van der Waals surface area contributed by atoms with Crippen LogP contribution < -0.4 is 0 Å². The second-order valence-corrected chi connectivity index (χ2v) is 7.04. The molecule has 31 heavy (non-hydrogen) atoms. The largest absolute Gasteiger partial charge is 0.454 e. The van der Waals surface area contributed by atoms with Crippen molar-refractivity contribution in [2.45, 2.75) is 24.3 Å². The molecule has 2 heterocycles. The number of ether oxygens (including phenoxy) is 3. The van der Waals surface area contributed by atoms with Gasteiger partial charge in [-0.3, -0.25) is 4.90 Å². The van der Waals surface area contributed by atoms with E-state index in [1.807, 2.05) is 0 Å². The van der Waals surface area contributed by atoms with E-state index in [1.54, 1.807) is 60.7 Å². The Balaban J connectivity index is 1.66. The Bertz CT molecular complexity index is 1020. The van der Waals surface area contributed by atoms with Crippen molar-refractivity contribution in [2.24, 2.45) is 5.11 Å². The number of carbonyl (C=O) groups excluding carboxylic acids is 3. The molecule has 2 aliphatic heterocycles. The van der Waals surface area contributed by atoms with E-state index in [9.17, 15) is 14.4 Å². The molecular formula is C21H18N4O6. The lowest BCUT2D eigenvalue weighted by Gasteiger charge is -2.41. The molecule has 2 saturated heterocycles. The van der Waals surface area contributed by atoms with Crippen LogP contribution in [-0.2, 0) is 14.2 Å². The number of hydrogen-bond acceptors (Lipinski definition) is 7. The van der Waals surface area contributed by atoms with Gasteiger partial charge in [0.2, 0.25) is 0 Å². The summed E-state index contributed by atoms with van der Waals surface area (Å²) in [6.45, 7) is -0.0758. The average Bonchev–Trinajstić information content (AvgIpc) is 3.17. The topological polar surface area (TPSA) is 131 Å². The van der Waals surface area contributed by atoms with Gasteiger partial charge in [0.05, 0.1) is 17.2 Å². The minimum Gasteiger partial charge on any atom is -0.454 e. The number of fused-ring (bicyclic) bond motifs is 1. The van der Waals surface area contributed by atoms with Crippen molar-refractivity contribution in [3.05, 3.63) is 82.2 Å². The lowest BCUT2D eigenvalue weighted by molar-refractivity contribution is -0.0858. The predicted molar refractivity (Wildman–Crippen MR) is 106 cm³/mol. The molecule has 0 aromatic heterocycles. The zero-order chi connectivity index (χ0) is 21.8. The fourth-order valence-electron chi connectivity index (χ4n) is 3.68. The van der Waals surface area contributed by atoms with E-state index in [0.717, 1.165) is 0 Å². The van der Waals surface area contributed by atoms with Crippen molar-refractivity contribution in [3.63, 3.8) is 0 Å². The molecule has 10 nitrogen and oxygen atoms in total. The smallest absolute Gasteiger partial charge is 0.410 e. The Hall–Kier alpha value is -4.04. The van der Waals surface area contributed by atoms with Gasteiger partial charge in [-0.1, -0.05) is 41.5 Å². The maximum absolute atomic E-state index is 12.7. The van der Waals surface area contributed by atoms with Crippen molar-refractivity contribution in [1.82, 2.24) is 4.90 Å². The highest BCUT2D eigenvalue weighted by molar-refractivity contribution is 5.90. The van der Waals surface area contributed by atoms with Crippen molar-refractivity contribution in [3.8, 4) is 0 Å². The molecule has 0 saturated carbocycles. The van der Waals surface area contributed by atoms with Gasteiger partial charge >= 0.3 is 18.0 Å². The molecule has 1 amide bonds. The molecule has 158 valence electrons. The summed E-state index contributed by atoms with van der Waals surface area (Å²) in [5.41, 5.74) is 9.59. The molecule has 0 aliphatic carbocycles. The fourth-order valence-corrected chi connectivity index (χ4v) is 3.68. The monoisotopic (exact) mass is 422 g/mol. The van der Waals surface area contributed by atoms with Crippen LogP contribution in [0.5, 0.6) is 0 Å². The van der Waals surface area contributed by atoms with Crippen LogP contribution in [-0.4, -0.2) is 60.4 Å². The quantitative estimate of drug-likeness (QED) is 0.239. The SMILES string of the molecule is [N-]=[N+]=NC1CN2C(=O)OC[C@@H]2[C@H](OC(=O)c2ccccc2)[C@@H]1OC(=O)c1ccccc1. The van der Waals surface area contributed by atoms with E-state index >= 15 is 0 Å². The molecule has 4 atom stereocenters. The first-order valence-corrected chi connectivity index (χ1v) is 9.58. The summed E-state index contributed by atoms with van der Waals surface area (Å²) >= 11 is 0. The minimum absolute atomic E-state index is 0.0281. The van der Waals surface area contributed by atoms with Crippen LogP contribution in [0, 0.1) is 0 Å². The summed E-state index contributed by atoms with van der Waals surface area (Å²) in [5.74, 6) is -1.32. The zero-order valence-corrected chi connectivity index (χ0v) is 16.2. The Morgan fingerprint density at radius 1 is 0.968 bits per heavy atom. The molecule has 2 aromatic rings. The minimum atomic E-state index is -1.10. The second-order valence-electron chi connectivity index (χ2n) is 7.04. The number of hydrogen-bond donors (Lipinski definition) is 0. The standard InChI is InChI=1S/C21H18N4O6/c22-24-23-15-11-25-16(12-29-21(25)28)18(31-20(27)14-9-5-2-6-10-14)17(15)30-19(26)13-7-3-1-4-8-13/h1-10,15-18H,11-12H2/t15?,16-,17-,18+/m1/s1.